The van der Waals surface area contributed by atoms with Crippen molar-refractivity contribution in [2.24, 2.45) is 5.92 Å². The van der Waals surface area contributed by atoms with Crippen LogP contribution < -0.4 is 10.2 Å². The van der Waals surface area contributed by atoms with Crippen LogP contribution in [-0.4, -0.2) is 74.8 Å². The third kappa shape index (κ3) is 5.27. The first-order chi connectivity index (χ1) is 13.6. The van der Waals surface area contributed by atoms with Gasteiger partial charge < -0.3 is 19.9 Å². The SMILES string of the molecule is COCCN1CC[C@H](CNC(=O)c2ccc(-c3cc(N(C)C)ncn3)cc2)C1. The number of carbonyl (C=O) groups excluding carboxylic acids is 1. The van der Waals surface area contributed by atoms with Gasteiger partial charge in [0.05, 0.1) is 12.3 Å². The summed E-state index contributed by atoms with van der Waals surface area (Å²) in [6, 6.07) is 9.49. The molecule has 2 heterocycles. The van der Waals surface area contributed by atoms with Gasteiger partial charge in [0.1, 0.15) is 12.1 Å². The Hall–Kier alpha value is -2.51. The molecule has 1 atom stereocenters. The summed E-state index contributed by atoms with van der Waals surface area (Å²) in [6.07, 6.45) is 2.67. The van der Waals surface area contributed by atoms with E-state index < -0.39 is 0 Å². The summed E-state index contributed by atoms with van der Waals surface area (Å²) in [4.78, 5) is 25.4. The van der Waals surface area contributed by atoms with Gasteiger partial charge in [0.25, 0.3) is 5.91 Å². The number of benzene rings is 1. The fourth-order valence-corrected chi connectivity index (χ4v) is 3.38. The maximum Gasteiger partial charge on any atom is 0.251 e. The molecule has 7 heteroatoms. The van der Waals surface area contributed by atoms with Crippen molar-refractivity contribution < 1.29 is 9.53 Å². The summed E-state index contributed by atoms with van der Waals surface area (Å²) in [6.45, 7) is 4.52. The van der Waals surface area contributed by atoms with Crippen molar-refractivity contribution >= 4 is 11.7 Å². The van der Waals surface area contributed by atoms with E-state index in [2.05, 4.69) is 20.2 Å². The van der Waals surface area contributed by atoms with Crippen molar-refractivity contribution in [1.82, 2.24) is 20.2 Å². The van der Waals surface area contributed by atoms with Crippen molar-refractivity contribution in [2.75, 3.05) is 58.9 Å². The smallest absolute Gasteiger partial charge is 0.251 e. The van der Waals surface area contributed by atoms with Crippen LogP contribution in [0.25, 0.3) is 11.3 Å². The summed E-state index contributed by atoms with van der Waals surface area (Å²) >= 11 is 0. The van der Waals surface area contributed by atoms with Crippen LogP contribution in [0.15, 0.2) is 36.7 Å². The van der Waals surface area contributed by atoms with Crippen molar-refractivity contribution in [1.29, 1.82) is 0 Å². The topological polar surface area (TPSA) is 70.6 Å². The summed E-state index contributed by atoms with van der Waals surface area (Å²) in [5.41, 5.74) is 2.47. The van der Waals surface area contributed by atoms with E-state index in [-0.39, 0.29) is 5.91 Å². The number of nitrogens with zero attached hydrogens (tertiary/aromatic N) is 4. The number of rotatable bonds is 8. The zero-order valence-electron chi connectivity index (χ0n) is 16.9. The quantitative estimate of drug-likeness (QED) is 0.751. The molecule has 0 spiro atoms. The highest BCUT2D eigenvalue weighted by molar-refractivity contribution is 5.94. The molecule has 150 valence electrons. The minimum Gasteiger partial charge on any atom is -0.383 e. The first kappa shape index (κ1) is 20.2. The zero-order valence-corrected chi connectivity index (χ0v) is 16.9. The molecule has 1 amide bonds. The van der Waals surface area contributed by atoms with Crippen molar-refractivity contribution in [2.45, 2.75) is 6.42 Å². The molecule has 1 N–H and O–H groups in total. The van der Waals surface area contributed by atoms with Gasteiger partial charge in [0.2, 0.25) is 0 Å². The van der Waals surface area contributed by atoms with E-state index in [9.17, 15) is 4.79 Å². The summed E-state index contributed by atoms with van der Waals surface area (Å²) in [5, 5.41) is 3.07. The molecule has 0 radical (unpaired) electrons. The van der Waals surface area contributed by atoms with Crippen LogP contribution in [-0.2, 0) is 4.74 Å². The second kappa shape index (κ2) is 9.61. The van der Waals surface area contributed by atoms with Crippen LogP contribution in [0.2, 0.25) is 0 Å². The van der Waals surface area contributed by atoms with Gasteiger partial charge in [0, 0.05) is 58.0 Å². The number of nitrogens with one attached hydrogen (secondary N) is 1. The molecular formula is C21H29N5O2. The lowest BCUT2D eigenvalue weighted by molar-refractivity contribution is 0.0946. The van der Waals surface area contributed by atoms with E-state index in [4.69, 9.17) is 4.74 Å². The number of methoxy groups -OCH3 is 1. The second-order valence-electron chi connectivity index (χ2n) is 7.39. The number of carbonyl (C=O) groups is 1. The van der Waals surface area contributed by atoms with Gasteiger partial charge in [-0.1, -0.05) is 12.1 Å². The van der Waals surface area contributed by atoms with Crippen LogP contribution in [0.5, 0.6) is 0 Å². The molecule has 1 saturated heterocycles. The van der Waals surface area contributed by atoms with Gasteiger partial charge in [-0.25, -0.2) is 9.97 Å². The van der Waals surface area contributed by atoms with Crippen LogP contribution >= 0.6 is 0 Å². The molecule has 1 aliphatic heterocycles. The lowest BCUT2D eigenvalue weighted by atomic mass is 10.1. The number of aromatic nitrogens is 2. The Labute approximate surface area is 166 Å². The molecule has 2 aromatic rings. The monoisotopic (exact) mass is 383 g/mol. The first-order valence-electron chi connectivity index (χ1n) is 9.66. The number of likely N-dealkylation sites (tertiary alicyclic amines) is 1. The van der Waals surface area contributed by atoms with Crippen LogP contribution in [0.3, 0.4) is 0 Å². The highest BCUT2D eigenvalue weighted by Gasteiger charge is 2.22. The molecule has 3 rings (SSSR count). The van der Waals surface area contributed by atoms with E-state index in [1.54, 1.807) is 13.4 Å². The number of hydrogen-bond donors (Lipinski definition) is 1. The maximum absolute atomic E-state index is 12.5. The standard InChI is InChI=1S/C21H29N5O2/c1-25(2)20-12-19(23-15-24-20)17-4-6-18(7-5-17)21(27)22-13-16-8-9-26(14-16)10-11-28-3/h4-7,12,15-16H,8-11,13-14H2,1-3H3,(H,22,27)/t16-/m1/s1. The van der Waals surface area contributed by atoms with Gasteiger partial charge in [-0.3, -0.25) is 4.79 Å². The predicted molar refractivity (Wildman–Crippen MR) is 111 cm³/mol. The van der Waals surface area contributed by atoms with Crippen LogP contribution in [0, 0.1) is 5.92 Å². The van der Waals surface area contributed by atoms with Crippen molar-refractivity contribution in [3.05, 3.63) is 42.2 Å². The Kier molecular flexibility index (Phi) is 6.95. The molecule has 28 heavy (non-hydrogen) atoms. The fourth-order valence-electron chi connectivity index (χ4n) is 3.38. The number of hydrogen-bond acceptors (Lipinski definition) is 6. The third-order valence-corrected chi connectivity index (χ3v) is 5.09. The highest BCUT2D eigenvalue weighted by atomic mass is 16.5. The lowest BCUT2D eigenvalue weighted by Gasteiger charge is -2.15. The molecule has 0 unspecified atom stereocenters. The molecular weight excluding hydrogens is 354 g/mol. The summed E-state index contributed by atoms with van der Waals surface area (Å²) < 4.78 is 5.13. The van der Waals surface area contributed by atoms with Gasteiger partial charge >= 0.3 is 0 Å². The van der Waals surface area contributed by atoms with Gasteiger partial charge in [0.15, 0.2) is 0 Å². The van der Waals surface area contributed by atoms with E-state index >= 15 is 0 Å². The molecule has 1 aromatic heterocycles. The van der Waals surface area contributed by atoms with E-state index in [0.29, 0.717) is 18.0 Å². The Balaban J connectivity index is 1.53. The average molecular weight is 383 g/mol. The van der Waals surface area contributed by atoms with Crippen molar-refractivity contribution in [3.63, 3.8) is 0 Å². The molecule has 0 bridgehead atoms. The zero-order chi connectivity index (χ0) is 19.9. The maximum atomic E-state index is 12.5. The third-order valence-electron chi connectivity index (χ3n) is 5.09. The average Bonchev–Trinajstić information content (AvgIpc) is 3.18. The Morgan fingerprint density at radius 2 is 2.07 bits per heavy atom. The Morgan fingerprint density at radius 1 is 1.29 bits per heavy atom. The molecule has 1 aliphatic rings. The van der Waals surface area contributed by atoms with E-state index in [1.165, 1.54) is 0 Å². The number of ether oxygens (including phenoxy) is 1. The van der Waals surface area contributed by atoms with Gasteiger partial charge in [-0.15, -0.1) is 0 Å². The fraction of sp³-hybridized carbons (Fsp3) is 0.476. The molecule has 0 aliphatic carbocycles. The summed E-state index contributed by atoms with van der Waals surface area (Å²) in [7, 11) is 5.62. The van der Waals surface area contributed by atoms with E-state index in [1.807, 2.05) is 49.3 Å². The second-order valence-corrected chi connectivity index (χ2v) is 7.39. The van der Waals surface area contributed by atoms with Crippen molar-refractivity contribution in [3.8, 4) is 11.3 Å². The van der Waals surface area contributed by atoms with Crippen LogP contribution in [0.1, 0.15) is 16.8 Å². The lowest BCUT2D eigenvalue weighted by Crippen LogP contribution is -2.31. The number of anilines is 1. The number of amides is 1. The Bertz CT molecular complexity index is 779. The normalized spacial score (nSPS) is 16.9. The minimum atomic E-state index is -0.0291. The highest BCUT2D eigenvalue weighted by Crippen LogP contribution is 2.20. The molecule has 1 fully saturated rings. The summed E-state index contributed by atoms with van der Waals surface area (Å²) in [5.74, 6) is 1.33. The largest absolute Gasteiger partial charge is 0.383 e. The molecule has 7 nitrogen and oxygen atoms in total. The van der Waals surface area contributed by atoms with Gasteiger partial charge in [-0.05, 0) is 31.0 Å². The molecule has 1 aromatic carbocycles. The Morgan fingerprint density at radius 3 is 2.79 bits per heavy atom. The van der Waals surface area contributed by atoms with Gasteiger partial charge in [-0.2, -0.15) is 0 Å². The predicted octanol–water partition coefficient (Wildman–Crippen LogP) is 1.91. The van der Waals surface area contributed by atoms with Crippen LogP contribution in [0.4, 0.5) is 5.82 Å². The van der Waals surface area contributed by atoms with E-state index in [0.717, 1.165) is 49.7 Å². The first-order valence-corrected chi connectivity index (χ1v) is 9.66. The molecule has 0 saturated carbocycles. The minimum absolute atomic E-state index is 0.0291.